The lowest BCUT2D eigenvalue weighted by Crippen LogP contribution is -1.97. The third-order valence-corrected chi connectivity index (χ3v) is 2.86. The molecule has 1 aromatic heterocycles. The van der Waals surface area contributed by atoms with Crippen LogP contribution in [0.5, 0.6) is 11.6 Å². The highest BCUT2D eigenvalue weighted by molar-refractivity contribution is 7.98. The van der Waals surface area contributed by atoms with Gasteiger partial charge in [0.15, 0.2) is 5.16 Å². The molecule has 19 heavy (non-hydrogen) atoms. The van der Waals surface area contributed by atoms with Gasteiger partial charge in [-0.25, -0.2) is 4.98 Å². The highest BCUT2D eigenvalue weighted by Gasteiger charge is 2.05. The number of aromatic nitrogens is 2. The Bertz CT molecular complexity index is 563. The van der Waals surface area contributed by atoms with Crippen molar-refractivity contribution in [2.45, 2.75) is 11.8 Å². The Morgan fingerprint density at radius 2 is 2.11 bits per heavy atom. The van der Waals surface area contributed by atoms with Gasteiger partial charge in [-0.1, -0.05) is 23.9 Å². The number of rotatable bonds is 5. The van der Waals surface area contributed by atoms with Crippen LogP contribution < -0.4 is 10.5 Å². The third-order valence-electron chi connectivity index (χ3n) is 2.32. The van der Waals surface area contributed by atoms with E-state index >= 15 is 0 Å². The number of hydrogen-bond donors (Lipinski definition) is 1. The molecule has 0 saturated heterocycles. The molecule has 2 aromatic rings. The molecule has 0 saturated carbocycles. The zero-order valence-electron chi connectivity index (χ0n) is 10.8. The molecular weight excluding hydrogens is 262 g/mol. The number of nitrogen functional groups attached to an aromatic ring is 1. The number of hydrogen-bond acceptors (Lipinski definition) is 6. The van der Waals surface area contributed by atoms with Crippen molar-refractivity contribution in [1.82, 2.24) is 9.97 Å². The average molecular weight is 277 g/mol. The summed E-state index contributed by atoms with van der Waals surface area (Å²) in [6, 6.07) is 9.24. The fourth-order valence-electron chi connectivity index (χ4n) is 1.55. The van der Waals surface area contributed by atoms with E-state index in [1.54, 1.807) is 13.2 Å². The van der Waals surface area contributed by atoms with E-state index in [4.69, 9.17) is 15.2 Å². The molecule has 1 aromatic carbocycles. The van der Waals surface area contributed by atoms with Crippen LogP contribution in [0.1, 0.15) is 5.56 Å². The van der Waals surface area contributed by atoms with Gasteiger partial charge < -0.3 is 15.2 Å². The van der Waals surface area contributed by atoms with Crippen molar-refractivity contribution in [2.75, 3.05) is 19.1 Å². The summed E-state index contributed by atoms with van der Waals surface area (Å²) in [5, 5.41) is 0.586. The van der Waals surface area contributed by atoms with Crippen molar-refractivity contribution < 1.29 is 9.47 Å². The molecule has 0 bridgehead atoms. The van der Waals surface area contributed by atoms with Crippen LogP contribution in [-0.2, 0) is 11.3 Å². The molecule has 0 atom stereocenters. The maximum atomic E-state index is 5.70. The van der Waals surface area contributed by atoms with Gasteiger partial charge in [-0.3, -0.25) is 0 Å². The molecule has 0 spiro atoms. The SMILES string of the molecule is COCc1cccc(Oc2cc(N)nc(SC)n2)c1. The van der Waals surface area contributed by atoms with Gasteiger partial charge >= 0.3 is 0 Å². The first kappa shape index (κ1) is 13.6. The van der Waals surface area contributed by atoms with E-state index in [2.05, 4.69) is 9.97 Å². The fraction of sp³-hybridized carbons (Fsp3) is 0.231. The zero-order valence-corrected chi connectivity index (χ0v) is 11.6. The van der Waals surface area contributed by atoms with E-state index in [1.807, 2.05) is 30.5 Å². The lowest BCUT2D eigenvalue weighted by atomic mass is 10.2. The Labute approximate surface area is 116 Å². The molecule has 6 heteroatoms. The zero-order chi connectivity index (χ0) is 13.7. The first-order chi connectivity index (χ1) is 9.21. The van der Waals surface area contributed by atoms with Gasteiger partial charge in [0, 0.05) is 13.2 Å². The van der Waals surface area contributed by atoms with Crippen molar-refractivity contribution in [3.63, 3.8) is 0 Å². The summed E-state index contributed by atoms with van der Waals surface area (Å²) in [5.74, 6) is 1.52. The minimum absolute atomic E-state index is 0.391. The second-order valence-corrected chi connectivity index (χ2v) is 4.57. The standard InChI is InChI=1S/C13H15N3O2S/c1-17-8-9-4-3-5-10(6-9)18-12-7-11(14)15-13(16-12)19-2/h3-7H,8H2,1-2H3,(H2,14,15,16). The number of nitrogens with zero attached hydrogens (tertiary/aromatic N) is 2. The van der Waals surface area contributed by atoms with Crippen LogP contribution >= 0.6 is 11.8 Å². The van der Waals surface area contributed by atoms with E-state index in [9.17, 15) is 0 Å². The number of anilines is 1. The molecular formula is C13H15N3O2S. The second-order valence-electron chi connectivity index (χ2n) is 3.80. The maximum absolute atomic E-state index is 5.70. The fourth-order valence-corrected chi connectivity index (χ4v) is 1.93. The summed E-state index contributed by atoms with van der Waals surface area (Å²) in [5.41, 5.74) is 6.74. The molecule has 0 amide bonds. The summed E-state index contributed by atoms with van der Waals surface area (Å²) >= 11 is 1.42. The average Bonchev–Trinajstić information content (AvgIpc) is 2.39. The Kier molecular flexibility index (Phi) is 4.59. The Morgan fingerprint density at radius 3 is 2.84 bits per heavy atom. The van der Waals surface area contributed by atoms with Crippen LogP contribution in [0.25, 0.3) is 0 Å². The van der Waals surface area contributed by atoms with Crippen molar-refractivity contribution >= 4 is 17.6 Å². The van der Waals surface area contributed by atoms with Crippen LogP contribution in [0.3, 0.4) is 0 Å². The minimum Gasteiger partial charge on any atom is -0.439 e. The molecule has 0 radical (unpaired) electrons. The molecule has 0 unspecified atom stereocenters. The Hall–Kier alpha value is -1.79. The van der Waals surface area contributed by atoms with Gasteiger partial charge in [0.05, 0.1) is 6.61 Å². The number of nitrogens with two attached hydrogens (primary N) is 1. The predicted molar refractivity (Wildman–Crippen MR) is 75.5 cm³/mol. The highest BCUT2D eigenvalue weighted by Crippen LogP contribution is 2.24. The van der Waals surface area contributed by atoms with E-state index in [0.29, 0.717) is 29.2 Å². The van der Waals surface area contributed by atoms with Crippen LogP contribution in [0.15, 0.2) is 35.5 Å². The molecule has 5 nitrogen and oxygen atoms in total. The van der Waals surface area contributed by atoms with Gasteiger partial charge in [0.25, 0.3) is 0 Å². The normalized spacial score (nSPS) is 10.4. The van der Waals surface area contributed by atoms with E-state index in [0.717, 1.165) is 5.56 Å². The predicted octanol–water partition coefficient (Wildman–Crippen LogP) is 2.72. The van der Waals surface area contributed by atoms with Gasteiger partial charge in [-0.05, 0) is 24.0 Å². The smallest absolute Gasteiger partial charge is 0.225 e. The molecule has 2 N–H and O–H groups in total. The van der Waals surface area contributed by atoms with Crippen molar-refractivity contribution in [3.8, 4) is 11.6 Å². The third kappa shape index (κ3) is 3.84. The number of methoxy groups -OCH3 is 1. The minimum atomic E-state index is 0.391. The van der Waals surface area contributed by atoms with Crippen molar-refractivity contribution in [2.24, 2.45) is 0 Å². The number of benzene rings is 1. The second kappa shape index (κ2) is 6.40. The van der Waals surface area contributed by atoms with Gasteiger partial charge in [-0.15, -0.1) is 0 Å². The number of ether oxygens (including phenoxy) is 2. The van der Waals surface area contributed by atoms with Crippen LogP contribution in [-0.4, -0.2) is 23.3 Å². The molecule has 2 rings (SSSR count). The molecule has 100 valence electrons. The van der Waals surface area contributed by atoms with Crippen LogP contribution in [0.4, 0.5) is 5.82 Å². The molecule has 1 heterocycles. The first-order valence-electron chi connectivity index (χ1n) is 5.65. The van der Waals surface area contributed by atoms with E-state index in [-0.39, 0.29) is 0 Å². The highest BCUT2D eigenvalue weighted by atomic mass is 32.2. The van der Waals surface area contributed by atoms with Gasteiger partial charge in [-0.2, -0.15) is 4.98 Å². The van der Waals surface area contributed by atoms with Crippen molar-refractivity contribution in [1.29, 1.82) is 0 Å². The van der Waals surface area contributed by atoms with Crippen LogP contribution in [0, 0.1) is 0 Å². The summed E-state index contributed by atoms with van der Waals surface area (Å²) in [4.78, 5) is 8.31. The summed E-state index contributed by atoms with van der Waals surface area (Å²) in [6.45, 7) is 0.541. The van der Waals surface area contributed by atoms with Crippen molar-refractivity contribution in [3.05, 3.63) is 35.9 Å². The molecule has 0 aliphatic rings. The van der Waals surface area contributed by atoms with Gasteiger partial charge in [0.1, 0.15) is 11.6 Å². The first-order valence-corrected chi connectivity index (χ1v) is 6.88. The largest absolute Gasteiger partial charge is 0.439 e. The Balaban J connectivity index is 2.20. The molecule has 0 aliphatic heterocycles. The van der Waals surface area contributed by atoms with Crippen LogP contribution in [0.2, 0.25) is 0 Å². The topological polar surface area (TPSA) is 70.3 Å². The summed E-state index contributed by atoms with van der Waals surface area (Å²) in [6.07, 6.45) is 1.89. The van der Waals surface area contributed by atoms with E-state index < -0.39 is 0 Å². The lowest BCUT2D eigenvalue weighted by Gasteiger charge is -2.08. The molecule has 0 aliphatic carbocycles. The monoisotopic (exact) mass is 277 g/mol. The summed E-state index contributed by atoms with van der Waals surface area (Å²) < 4.78 is 10.8. The quantitative estimate of drug-likeness (QED) is 0.669. The Morgan fingerprint density at radius 1 is 1.26 bits per heavy atom. The summed E-state index contributed by atoms with van der Waals surface area (Å²) in [7, 11) is 1.66. The van der Waals surface area contributed by atoms with Gasteiger partial charge in [0.2, 0.25) is 5.88 Å². The molecule has 0 fully saturated rings. The maximum Gasteiger partial charge on any atom is 0.225 e. The number of thioether (sulfide) groups is 1. The van der Waals surface area contributed by atoms with E-state index in [1.165, 1.54) is 11.8 Å². The lowest BCUT2D eigenvalue weighted by molar-refractivity contribution is 0.184.